The third kappa shape index (κ3) is 8.21. The summed E-state index contributed by atoms with van der Waals surface area (Å²) in [6.45, 7) is 6.51. The second-order valence-electron chi connectivity index (χ2n) is 8.23. The Morgan fingerprint density at radius 2 is 1.58 bits per heavy atom. The molecule has 0 aromatic heterocycles. The molecule has 3 rings (SSSR count). The minimum absolute atomic E-state index is 0. The highest BCUT2D eigenvalue weighted by molar-refractivity contribution is 14.0. The number of anilines is 1. The molecule has 2 aliphatic rings. The Hall–Kier alpha value is -1.42. The molecule has 7 nitrogen and oxygen atoms in total. The highest BCUT2D eigenvalue weighted by Crippen LogP contribution is 2.30. The van der Waals surface area contributed by atoms with Gasteiger partial charge < -0.3 is 29.9 Å². The zero-order chi connectivity index (χ0) is 21.2. The molecule has 31 heavy (non-hydrogen) atoms. The number of benzene rings is 1. The van der Waals surface area contributed by atoms with Crippen LogP contribution in [0.4, 0.5) is 5.69 Å². The first kappa shape index (κ1) is 25.8. The highest BCUT2D eigenvalue weighted by atomic mass is 127. The van der Waals surface area contributed by atoms with Crippen molar-refractivity contribution in [3.05, 3.63) is 18.2 Å². The van der Waals surface area contributed by atoms with Crippen molar-refractivity contribution in [2.45, 2.75) is 44.6 Å². The van der Waals surface area contributed by atoms with E-state index in [1.165, 1.54) is 38.8 Å². The fourth-order valence-electron chi connectivity index (χ4n) is 4.34. The predicted molar refractivity (Wildman–Crippen MR) is 140 cm³/mol. The topological polar surface area (TPSA) is 61.4 Å². The number of halogens is 1. The van der Waals surface area contributed by atoms with Crippen LogP contribution < -0.4 is 25.0 Å². The highest BCUT2D eigenvalue weighted by Gasteiger charge is 2.21. The second kappa shape index (κ2) is 13.9. The van der Waals surface area contributed by atoms with Gasteiger partial charge in [0, 0.05) is 63.2 Å². The molecule has 0 atom stereocenters. The number of nitrogens with one attached hydrogen (secondary N) is 2. The zero-order valence-corrected chi connectivity index (χ0v) is 21.7. The second-order valence-corrected chi connectivity index (χ2v) is 8.23. The number of aliphatic imine (C=N–C) groups is 1. The van der Waals surface area contributed by atoms with Crippen molar-refractivity contribution >= 4 is 35.6 Å². The standard InChI is InChI=1S/C23H39N5O2.HI/c1-24-23(25-10-15-27-11-6-4-5-7-12-27)26-19-8-13-28(14-9-19)20-16-21(29-2)18-22(17-20)30-3;/h16-19H,4-15H2,1-3H3,(H2,24,25,26);1H. The molecule has 2 N–H and O–H groups in total. The van der Waals surface area contributed by atoms with E-state index in [-0.39, 0.29) is 24.0 Å². The Balaban J connectivity index is 0.00000341. The molecule has 2 heterocycles. The average Bonchev–Trinajstić information content (AvgIpc) is 3.07. The molecule has 2 saturated heterocycles. The van der Waals surface area contributed by atoms with Gasteiger partial charge in [-0.15, -0.1) is 24.0 Å². The number of piperidine rings is 1. The molecule has 0 radical (unpaired) electrons. The molecule has 0 saturated carbocycles. The van der Waals surface area contributed by atoms with Gasteiger partial charge in [0.2, 0.25) is 0 Å². The molecular formula is C23H40IN5O2. The molecule has 0 amide bonds. The van der Waals surface area contributed by atoms with Gasteiger partial charge in [-0.25, -0.2) is 0 Å². The first-order chi connectivity index (χ1) is 14.7. The summed E-state index contributed by atoms with van der Waals surface area (Å²) < 4.78 is 10.8. The number of hydrogen-bond donors (Lipinski definition) is 2. The molecule has 0 aliphatic carbocycles. The lowest BCUT2D eigenvalue weighted by Crippen LogP contribution is -2.49. The van der Waals surface area contributed by atoms with Crippen LogP contribution in [0.2, 0.25) is 0 Å². The Morgan fingerprint density at radius 1 is 0.968 bits per heavy atom. The van der Waals surface area contributed by atoms with Gasteiger partial charge in [0.05, 0.1) is 14.2 Å². The van der Waals surface area contributed by atoms with E-state index >= 15 is 0 Å². The van der Waals surface area contributed by atoms with Gasteiger partial charge in [0.1, 0.15) is 11.5 Å². The van der Waals surface area contributed by atoms with E-state index in [9.17, 15) is 0 Å². The summed E-state index contributed by atoms with van der Waals surface area (Å²) in [6.07, 6.45) is 7.59. The number of likely N-dealkylation sites (tertiary alicyclic amines) is 1. The summed E-state index contributed by atoms with van der Waals surface area (Å²) in [6, 6.07) is 6.52. The van der Waals surface area contributed by atoms with E-state index in [4.69, 9.17) is 9.47 Å². The first-order valence-corrected chi connectivity index (χ1v) is 11.4. The van der Waals surface area contributed by atoms with Crippen LogP contribution >= 0.6 is 24.0 Å². The van der Waals surface area contributed by atoms with Crippen LogP contribution in [0.1, 0.15) is 38.5 Å². The smallest absolute Gasteiger partial charge is 0.191 e. The molecule has 8 heteroatoms. The number of methoxy groups -OCH3 is 2. The van der Waals surface area contributed by atoms with E-state index < -0.39 is 0 Å². The Kier molecular flexibility index (Phi) is 11.6. The predicted octanol–water partition coefficient (Wildman–Crippen LogP) is 3.33. The van der Waals surface area contributed by atoms with Crippen LogP contribution in [-0.2, 0) is 0 Å². The normalized spacial score (nSPS) is 18.7. The molecule has 0 spiro atoms. The van der Waals surface area contributed by atoms with Gasteiger partial charge in [-0.2, -0.15) is 0 Å². The van der Waals surface area contributed by atoms with Crippen molar-refractivity contribution < 1.29 is 9.47 Å². The van der Waals surface area contributed by atoms with Gasteiger partial charge in [-0.05, 0) is 38.8 Å². The van der Waals surface area contributed by atoms with Gasteiger partial charge in [-0.3, -0.25) is 4.99 Å². The van der Waals surface area contributed by atoms with E-state index in [1.54, 1.807) is 14.2 Å². The third-order valence-electron chi connectivity index (χ3n) is 6.18. The maximum Gasteiger partial charge on any atom is 0.191 e. The van der Waals surface area contributed by atoms with Crippen molar-refractivity contribution in [2.24, 2.45) is 4.99 Å². The minimum atomic E-state index is 0. The third-order valence-corrected chi connectivity index (χ3v) is 6.18. The average molecular weight is 546 g/mol. The fraction of sp³-hybridized carbons (Fsp3) is 0.696. The SMILES string of the molecule is CN=C(NCCN1CCCCCC1)NC1CCN(c2cc(OC)cc(OC)c2)CC1.I. The first-order valence-electron chi connectivity index (χ1n) is 11.4. The summed E-state index contributed by atoms with van der Waals surface area (Å²) in [4.78, 5) is 9.41. The van der Waals surface area contributed by atoms with Gasteiger partial charge in [0.25, 0.3) is 0 Å². The summed E-state index contributed by atoms with van der Waals surface area (Å²) in [5.41, 5.74) is 1.16. The van der Waals surface area contributed by atoms with Crippen LogP contribution in [0.3, 0.4) is 0 Å². The number of ether oxygens (including phenoxy) is 2. The number of guanidine groups is 1. The monoisotopic (exact) mass is 545 g/mol. The van der Waals surface area contributed by atoms with Crippen LogP contribution in [0.15, 0.2) is 23.2 Å². The summed E-state index contributed by atoms with van der Waals surface area (Å²) >= 11 is 0. The van der Waals surface area contributed by atoms with Crippen molar-refractivity contribution in [2.75, 3.05) is 65.4 Å². The van der Waals surface area contributed by atoms with Crippen LogP contribution in [0.5, 0.6) is 11.5 Å². The van der Waals surface area contributed by atoms with Crippen molar-refractivity contribution in [3.63, 3.8) is 0 Å². The molecule has 0 unspecified atom stereocenters. The lowest BCUT2D eigenvalue weighted by atomic mass is 10.0. The summed E-state index contributed by atoms with van der Waals surface area (Å²) in [5, 5.41) is 7.13. The maximum atomic E-state index is 5.42. The van der Waals surface area contributed by atoms with Crippen LogP contribution in [0.25, 0.3) is 0 Å². The van der Waals surface area contributed by atoms with E-state index in [2.05, 4.69) is 37.6 Å². The summed E-state index contributed by atoms with van der Waals surface area (Å²) in [5.74, 6) is 2.59. The molecule has 176 valence electrons. The number of hydrogen-bond acceptors (Lipinski definition) is 5. The Bertz CT molecular complexity index is 650. The van der Waals surface area contributed by atoms with E-state index in [0.717, 1.165) is 62.2 Å². The van der Waals surface area contributed by atoms with E-state index in [1.807, 2.05) is 13.1 Å². The minimum Gasteiger partial charge on any atom is -0.497 e. The van der Waals surface area contributed by atoms with Gasteiger partial charge in [0.15, 0.2) is 5.96 Å². The number of nitrogens with zero attached hydrogens (tertiary/aromatic N) is 3. The molecule has 1 aromatic carbocycles. The van der Waals surface area contributed by atoms with Gasteiger partial charge in [-0.1, -0.05) is 12.8 Å². The molecular weight excluding hydrogens is 505 g/mol. The van der Waals surface area contributed by atoms with Crippen molar-refractivity contribution in [3.8, 4) is 11.5 Å². The molecule has 2 aliphatic heterocycles. The molecule has 2 fully saturated rings. The lowest BCUT2D eigenvalue weighted by molar-refractivity contribution is 0.289. The van der Waals surface area contributed by atoms with Crippen molar-refractivity contribution in [1.29, 1.82) is 0 Å². The quantitative estimate of drug-likeness (QED) is 0.312. The van der Waals surface area contributed by atoms with Crippen molar-refractivity contribution in [1.82, 2.24) is 15.5 Å². The number of rotatable bonds is 7. The molecule has 0 bridgehead atoms. The maximum absolute atomic E-state index is 5.42. The zero-order valence-electron chi connectivity index (χ0n) is 19.4. The fourth-order valence-corrected chi connectivity index (χ4v) is 4.34. The largest absolute Gasteiger partial charge is 0.497 e. The Labute approximate surface area is 205 Å². The lowest BCUT2D eigenvalue weighted by Gasteiger charge is -2.35. The summed E-state index contributed by atoms with van der Waals surface area (Å²) in [7, 11) is 5.25. The van der Waals surface area contributed by atoms with Crippen LogP contribution in [0, 0.1) is 0 Å². The van der Waals surface area contributed by atoms with E-state index in [0.29, 0.717) is 6.04 Å². The molecule has 1 aromatic rings. The van der Waals surface area contributed by atoms with Gasteiger partial charge >= 0.3 is 0 Å². The van der Waals surface area contributed by atoms with Crippen LogP contribution in [-0.4, -0.2) is 77.4 Å². The Morgan fingerprint density at radius 3 is 2.13 bits per heavy atom.